The summed E-state index contributed by atoms with van der Waals surface area (Å²) in [4.78, 5) is 0. The minimum atomic E-state index is 0.585. The van der Waals surface area contributed by atoms with E-state index < -0.39 is 0 Å². The third-order valence-corrected chi connectivity index (χ3v) is 7.24. The van der Waals surface area contributed by atoms with E-state index in [1.54, 1.807) is 14.2 Å². The Labute approximate surface area is 229 Å². The van der Waals surface area contributed by atoms with E-state index in [1.165, 1.54) is 44.8 Å². The summed E-state index contributed by atoms with van der Waals surface area (Å²) < 4.78 is 19.6. The predicted octanol–water partition coefficient (Wildman–Crippen LogP) is 8.35. The molecule has 38 heavy (non-hydrogen) atoms. The van der Waals surface area contributed by atoms with Crippen molar-refractivity contribution in [3.63, 3.8) is 0 Å². The van der Waals surface area contributed by atoms with Crippen LogP contribution in [0.5, 0.6) is 11.5 Å². The number of fused-ring (bicyclic) bond motifs is 3. The summed E-state index contributed by atoms with van der Waals surface area (Å²) in [5, 5.41) is 0. The Bertz CT molecular complexity index is 1280. The molecular formula is C34H43NO3. The molecule has 4 heteroatoms. The monoisotopic (exact) mass is 513 g/mol. The summed E-state index contributed by atoms with van der Waals surface area (Å²) in [5.74, 6) is 1.54. The number of hydrogen-bond acceptors (Lipinski definition) is 3. The van der Waals surface area contributed by atoms with Gasteiger partial charge >= 0.3 is 0 Å². The molecule has 0 amide bonds. The summed E-state index contributed by atoms with van der Waals surface area (Å²) in [5.41, 5.74) is 11.3. The van der Waals surface area contributed by atoms with Gasteiger partial charge in [-0.25, -0.2) is 0 Å². The van der Waals surface area contributed by atoms with Crippen molar-refractivity contribution in [3.8, 4) is 22.8 Å². The molecule has 2 heterocycles. The molecule has 0 unspecified atom stereocenters. The highest BCUT2D eigenvalue weighted by Crippen LogP contribution is 2.44. The van der Waals surface area contributed by atoms with E-state index in [0.29, 0.717) is 13.2 Å². The molecular weight excluding hydrogens is 470 g/mol. The topological polar surface area (TPSA) is 32.6 Å². The van der Waals surface area contributed by atoms with Gasteiger partial charge < -0.3 is 18.8 Å². The fourth-order valence-corrected chi connectivity index (χ4v) is 5.09. The van der Waals surface area contributed by atoms with Gasteiger partial charge in [0.05, 0.1) is 33.1 Å². The highest BCUT2D eigenvalue weighted by Gasteiger charge is 2.26. The first-order valence-electron chi connectivity index (χ1n) is 13.4. The van der Waals surface area contributed by atoms with E-state index in [2.05, 4.69) is 81.0 Å². The maximum atomic E-state index is 5.92. The standard InChI is InChI=1S/C34H43NO3/c1-9-14-28(15-12-13-20-38-23-27(11-3)17-16-24(4)10-2)33-25(5)34-30-22-32(37-8)31(36-7)21-29(30)18-19-35(34)26(33)6/h9-10,12-14,16-17,21-22H,1-2,11,15,18-20,23H2,3-8H3/b13-12-,24-16-,27-17+,28-14+. The van der Waals surface area contributed by atoms with Crippen LogP contribution in [0.3, 0.4) is 0 Å². The maximum absolute atomic E-state index is 5.92. The average Bonchev–Trinajstić information content (AvgIpc) is 3.19. The molecule has 1 aromatic carbocycles. The minimum absolute atomic E-state index is 0.585. The smallest absolute Gasteiger partial charge is 0.161 e. The largest absolute Gasteiger partial charge is 0.493 e. The Kier molecular flexibility index (Phi) is 10.6. The van der Waals surface area contributed by atoms with Gasteiger partial charge in [-0.3, -0.25) is 0 Å². The molecule has 2 aromatic rings. The van der Waals surface area contributed by atoms with Gasteiger partial charge in [-0.15, -0.1) is 0 Å². The first-order valence-corrected chi connectivity index (χ1v) is 13.4. The third-order valence-electron chi connectivity index (χ3n) is 7.24. The summed E-state index contributed by atoms with van der Waals surface area (Å²) in [7, 11) is 3.38. The molecule has 0 saturated carbocycles. The molecule has 3 rings (SSSR count). The second-order valence-electron chi connectivity index (χ2n) is 9.61. The first-order chi connectivity index (χ1) is 18.4. The van der Waals surface area contributed by atoms with Crippen molar-refractivity contribution >= 4 is 5.57 Å². The average molecular weight is 514 g/mol. The Morgan fingerprint density at radius 1 is 1.03 bits per heavy atom. The van der Waals surface area contributed by atoms with E-state index in [1.807, 2.05) is 19.1 Å². The van der Waals surface area contributed by atoms with Crippen molar-refractivity contribution in [1.29, 1.82) is 0 Å². The molecule has 202 valence electrons. The molecule has 0 spiro atoms. The van der Waals surface area contributed by atoms with Crippen molar-refractivity contribution in [3.05, 3.63) is 101 Å². The van der Waals surface area contributed by atoms with Crippen molar-refractivity contribution in [2.24, 2.45) is 0 Å². The van der Waals surface area contributed by atoms with Crippen LogP contribution in [-0.2, 0) is 17.7 Å². The molecule has 0 aliphatic carbocycles. The van der Waals surface area contributed by atoms with E-state index in [-0.39, 0.29) is 0 Å². The molecule has 1 aliphatic rings. The molecule has 0 saturated heterocycles. The zero-order valence-corrected chi connectivity index (χ0v) is 24.0. The number of methoxy groups -OCH3 is 2. The highest BCUT2D eigenvalue weighted by atomic mass is 16.5. The zero-order chi connectivity index (χ0) is 27.7. The minimum Gasteiger partial charge on any atom is -0.493 e. The molecule has 4 nitrogen and oxygen atoms in total. The van der Waals surface area contributed by atoms with Gasteiger partial charge in [0.25, 0.3) is 0 Å². The molecule has 1 aliphatic heterocycles. The first kappa shape index (κ1) is 29.1. The number of hydrogen-bond donors (Lipinski definition) is 0. The van der Waals surface area contributed by atoms with Crippen LogP contribution in [0.15, 0.2) is 79.0 Å². The van der Waals surface area contributed by atoms with Crippen LogP contribution in [0.4, 0.5) is 0 Å². The lowest BCUT2D eigenvalue weighted by Gasteiger charge is -2.23. The number of allylic oxidation sites excluding steroid dienone is 8. The van der Waals surface area contributed by atoms with Crippen molar-refractivity contribution in [1.82, 2.24) is 4.57 Å². The van der Waals surface area contributed by atoms with E-state index in [4.69, 9.17) is 14.2 Å². The Hall–Kier alpha value is -3.50. The number of benzene rings is 1. The van der Waals surface area contributed by atoms with Gasteiger partial charge in [-0.05, 0) is 74.4 Å². The maximum Gasteiger partial charge on any atom is 0.161 e. The lowest BCUT2D eigenvalue weighted by molar-refractivity contribution is 0.185. The Morgan fingerprint density at radius 2 is 1.76 bits per heavy atom. The Morgan fingerprint density at radius 3 is 2.42 bits per heavy atom. The molecule has 0 fully saturated rings. The fraction of sp³-hybridized carbons (Fsp3) is 0.353. The number of aromatic nitrogens is 1. The van der Waals surface area contributed by atoms with Gasteiger partial charge in [0.15, 0.2) is 11.5 Å². The van der Waals surface area contributed by atoms with Crippen molar-refractivity contribution in [2.45, 2.75) is 53.5 Å². The van der Waals surface area contributed by atoms with Gasteiger partial charge in [-0.2, -0.15) is 0 Å². The summed E-state index contributed by atoms with van der Waals surface area (Å²) in [6.07, 6.45) is 17.2. The lowest BCUT2D eigenvalue weighted by atomic mass is 9.93. The van der Waals surface area contributed by atoms with Crippen LogP contribution in [0.25, 0.3) is 16.8 Å². The molecule has 0 atom stereocenters. The molecule has 0 bridgehead atoms. The normalized spacial score (nSPS) is 13.9. The third kappa shape index (κ3) is 6.49. The predicted molar refractivity (Wildman–Crippen MR) is 161 cm³/mol. The van der Waals surface area contributed by atoms with Gasteiger partial charge in [0.1, 0.15) is 0 Å². The van der Waals surface area contributed by atoms with Crippen LogP contribution >= 0.6 is 0 Å². The summed E-state index contributed by atoms with van der Waals surface area (Å²) >= 11 is 0. The second-order valence-corrected chi connectivity index (χ2v) is 9.61. The van der Waals surface area contributed by atoms with E-state index in [9.17, 15) is 0 Å². The van der Waals surface area contributed by atoms with Crippen molar-refractivity contribution in [2.75, 3.05) is 27.4 Å². The van der Waals surface area contributed by atoms with E-state index in [0.717, 1.165) is 42.9 Å². The van der Waals surface area contributed by atoms with Gasteiger partial charge in [0, 0.05) is 23.4 Å². The van der Waals surface area contributed by atoms with Crippen LogP contribution in [0.2, 0.25) is 0 Å². The van der Waals surface area contributed by atoms with Crippen LogP contribution in [0.1, 0.15) is 49.1 Å². The molecule has 0 N–H and O–H groups in total. The molecule has 0 radical (unpaired) electrons. The Balaban J connectivity index is 1.79. The van der Waals surface area contributed by atoms with Gasteiger partial charge in [-0.1, -0.05) is 68.2 Å². The van der Waals surface area contributed by atoms with Crippen LogP contribution in [0, 0.1) is 13.8 Å². The van der Waals surface area contributed by atoms with Crippen LogP contribution in [-0.4, -0.2) is 32.0 Å². The number of nitrogens with zero attached hydrogens (tertiary/aromatic N) is 1. The number of aryl methyl sites for hydroxylation is 1. The lowest BCUT2D eigenvalue weighted by Crippen LogP contribution is -2.12. The second kappa shape index (κ2) is 13.9. The highest BCUT2D eigenvalue weighted by molar-refractivity contribution is 5.82. The fourth-order valence-electron chi connectivity index (χ4n) is 5.09. The SMILES string of the molecule is C=C/C=C(\C/C=C\COC/C(=C/C=C(/C)C=C)CC)c1c(C)c2n(c1C)CCc1cc(OC)c(OC)cc1-2. The number of rotatable bonds is 13. The van der Waals surface area contributed by atoms with E-state index >= 15 is 0 Å². The number of ether oxygens (including phenoxy) is 3. The summed E-state index contributed by atoms with van der Waals surface area (Å²) in [6.45, 7) is 18.6. The zero-order valence-electron chi connectivity index (χ0n) is 24.0. The van der Waals surface area contributed by atoms with Crippen molar-refractivity contribution < 1.29 is 14.2 Å². The van der Waals surface area contributed by atoms with Gasteiger partial charge in [0.2, 0.25) is 0 Å². The summed E-state index contributed by atoms with van der Waals surface area (Å²) in [6, 6.07) is 4.25. The molecule has 1 aromatic heterocycles. The van der Waals surface area contributed by atoms with Crippen LogP contribution < -0.4 is 9.47 Å². The quantitative estimate of drug-likeness (QED) is 0.153.